The zero-order chi connectivity index (χ0) is 18.4. The second kappa shape index (κ2) is 8.75. The Hall–Kier alpha value is -2.48. The third-order valence-corrected chi connectivity index (χ3v) is 4.34. The van der Waals surface area contributed by atoms with E-state index >= 15 is 0 Å². The van der Waals surface area contributed by atoms with Crippen molar-refractivity contribution in [3.05, 3.63) is 48.0 Å². The molecule has 1 saturated heterocycles. The number of hydrazine groups is 1. The second-order valence-electron chi connectivity index (χ2n) is 6.19. The van der Waals surface area contributed by atoms with Crippen molar-refractivity contribution >= 4 is 22.6 Å². The molecule has 0 aromatic heterocycles. The van der Waals surface area contributed by atoms with Gasteiger partial charge in [0, 0.05) is 13.1 Å². The fourth-order valence-corrected chi connectivity index (χ4v) is 2.97. The molecule has 26 heavy (non-hydrogen) atoms. The van der Waals surface area contributed by atoms with Crippen LogP contribution in [-0.2, 0) is 20.7 Å². The molecule has 2 aromatic carbocycles. The van der Waals surface area contributed by atoms with E-state index in [9.17, 15) is 14.7 Å². The Morgan fingerprint density at radius 3 is 2.62 bits per heavy atom. The van der Waals surface area contributed by atoms with Gasteiger partial charge in [-0.05, 0) is 16.3 Å². The zero-order valence-electron chi connectivity index (χ0n) is 14.5. The summed E-state index contributed by atoms with van der Waals surface area (Å²) in [6.45, 7) is 1.77. The fraction of sp³-hybridized carbons (Fsp3) is 0.368. The second-order valence-corrected chi connectivity index (χ2v) is 6.19. The summed E-state index contributed by atoms with van der Waals surface area (Å²) in [5.41, 5.74) is 3.59. The summed E-state index contributed by atoms with van der Waals surface area (Å²) in [5.74, 6) is -0.738. The van der Waals surface area contributed by atoms with Crippen LogP contribution in [0, 0.1) is 0 Å². The van der Waals surface area contributed by atoms with Gasteiger partial charge in [0.15, 0.2) is 0 Å². The van der Waals surface area contributed by atoms with E-state index < -0.39 is 18.6 Å². The number of nitrogens with one attached hydrogen (secondary N) is 2. The minimum Gasteiger partial charge on any atom is -0.394 e. The first kappa shape index (κ1) is 18.3. The maximum Gasteiger partial charge on any atom is 0.259 e. The van der Waals surface area contributed by atoms with Crippen molar-refractivity contribution in [3.8, 4) is 0 Å². The van der Waals surface area contributed by atoms with Crippen molar-refractivity contribution in [1.82, 2.24) is 15.8 Å². The number of ether oxygens (including phenoxy) is 1. The number of hydrogen-bond acceptors (Lipinski definition) is 5. The van der Waals surface area contributed by atoms with E-state index in [2.05, 4.69) is 10.7 Å². The number of carbonyl (C=O) groups excluding carboxylic acids is 2. The van der Waals surface area contributed by atoms with Gasteiger partial charge in [-0.3, -0.25) is 15.0 Å². The number of nitrogens with zero attached hydrogens (tertiary/aromatic N) is 1. The first-order valence-electron chi connectivity index (χ1n) is 8.67. The molecule has 3 N–H and O–H groups in total. The average molecular weight is 357 g/mol. The van der Waals surface area contributed by atoms with E-state index in [4.69, 9.17) is 4.74 Å². The van der Waals surface area contributed by atoms with Crippen molar-refractivity contribution in [3.63, 3.8) is 0 Å². The normalized spacial score (nSPS) is 16.2. The van der Waals surface area contributed by atoms with Gasteiger partial charge in [0.25, 0.3) is 5.91 Å². The monoisotopic (exact) mass is 357 g/mol. The highest BCUT2D eigenvalue weighted by Gasteiger charge is 2.23. The number of hydrogen-bond donors (Lipinski definition) is 3. The molecule has 1 heterocycles. The zero-order valence-corrected chi connectivity index (χ0v) is 14.5. The average Bonchev–Trinajstić information content (AvgIpc) is 2.67. The molecule has 7 nitrogen and oxygen atoms in total. The molecule has 0 spiro atoms. The van der Waals surface area contributed by atoms with Crippen LogP contribution in [-0.4, -0.2) is 60.9 Å². The van der Waals surface area contributed by atoms with Crippen LogP contribution in [0.1, 0.15) is 5.56 Å². The number of aliphatic hydroxyl groups excluding tert-OH is 1. The van der Waals surface area contributed by atoms with Crippen molar-refractivity contribution in [2.45, 2.75) is 12.5 Å². The van der Waals surface area contributed by atoms with Gasteiger partial charge < -0.3 is 15.2 Å². The lowest BCUT2D eigenvalue weighted by Crippen LogP contribution is -2.56. The number of carbonyl (C=O) groups is 2. The van der Waals surface area contributed by atoms with Gasteiger partial charge in [-0.25, -0.2) is 5.01 Å². The van der Waals surface area contributed by atoms with E-state index in [0.717, 1.165) is 16.3 Å². The van der Waals surface area contributed by atoms with Crippen molar-refractivity contribution < 1.29 is 19.4 Å². The SMILES string of the molecule is O=C(Cc1cccc2ccccc12)N[C@@H](CO)C(=O)NN1CCOCC1. The third-order valence-electron chi connectivity index (χ3n) is 4.34. The summed E-state index contributed by atoms with van der Waals surface area (Å²) in [4.78, 5) is 24.7. The molecule has 1 aliphatic rings. The van der Waals surface area contributed by atoms with E-state index in [1.807, 2.05) is 42.5 Å². The van der Waals surface area contributed by atoms with E-state index in [0.29, 0.717) is 26.3 Å². The van der Waals surface area contributed by atoms with Crippen molar-refractivity contribution in [2.75, 3.05) is 32.9 Å². The molecule has 1 atom stereocenters. The van der Waals surface area contributed by atoms with Gasteiger partial charge in [-0.1, -0.05) is 42.5 Å². The number of morpholine rings is 1. The Balaban J connectivity index is 1.60. The minimum atomic E-state index is -0.986. The molecule has 0 saturated carbocycles. The lowest BCUT2D eigenvalue weighted by Gasteiger charge is -2.28. The summed E-state index contributed by atoms with van der Waals surface area (Å²) in [6.07, 6.45) is 0.142. The van der Waals surface area contributed by atoms with Gasteiger partial charge in [-0.2, -0.15) is 0 Å². The van der Waals surface area contributed by atoms with E-state index in [1.165, 1.54) is 0 Å². The summed E-state index contributed by atoms with van der Waals surface area (Å²) in [7, 11) is 0. The number of fused-ring (bicyclic) bond motifs is 1. The number of amides is 2. The number of rotatable bonds is 6. The van der Waals surface area contributed by atoms with Gasteiger partial charge in [0.05, 0.1) is 26.2 Å². The molecular weight excluding hydrogens is 334 g/mol. The van der Waals surface area contributed by atoms with Crippen LogP contribution in [0.15, 0.2) is 42.5 Å². The maximum absolute atomic E-state index is 12.4. The Bertz CT molecular complexity index is 769. The Morgan fingerprint density at radius 1 is 1.12 bits per heavy atom. The first-order valence-corrected chi connectivity index (χ1v) is 8.67. The largest absolute Gasteiger partial charge is 0.394 e. The number of aliphatic hydroxyl groups is 1. The summed E-state index contributed by atoms with van der Waals surface area (Å²) in [5, 5.41) is 15.9. The van der Waals surface area contributed by atoms with Crippen molar-refractivity contribution in [1.29, 1.82) is 0 Å². The lowest BCUT2D eigenvalue weighted by molar-refractivity contribution is -0.134. The third kappa shape index (κ3) is 4.57. The molecule has 1 aliphatic heterocycles. The smallest absolute Gasteiger partial charge is 0.259 e. The minimum absolute atomic E-state index is 0.142. The molecule has 138 valence electrons. The molecular formula is C19H23N3O4. The Kier molecular flexibility index (Phi) is 6.17. The Morgan fingerprint density at radius 2 is 1.85 bits per heavy atom. The molecule has 7 heteroatoms. The van der Waals surface area contributed by atoms with Crippen LogP contribution < -0.4 is 10.7 Å². The first-order chi connectivity index (χ1) is 12.7. The van der Waals surface area contributed by atoms with Gasteiger partial charge in [0.2, 0.25) is 5.91 Å². The van der Waals surface area contributed by atoms with Crippen LogP contribution in [0.25, 0.3) is 10.8 Å². The molecule has 3 rings (SSSR count). The summed E-state index contributed by atoms with van der Waals surface area (Å²) >= 11 is 0. The fourth-order valence-electron chi connectivity index (χ4n) is 2.97. The predicted octanol–water partition coefficient (Wildman–Crippen LogP) is 0.223. The summed E-state index contributed by atoms with van der Waals surface area (Å²) < 4.78 is 5.22. The predicted molar refractivity (Wildman–Crippen MR) is 97.2 cm³/mol. The highest BCUT2D eigenvalue weighted by atomic mass is 16.5. The topological polar surface area (TPSA) is 90.9 Å². The quantitative estimate of drug-likeness (QED) is 0.688. The number of benzene rings is 2. The van der Waals surface area contributed by atoms with Gasteiger partial charge >= 0.3 is 0 Å². The highest BCUT2D eigenvalue weighted by Crippen LogP contribution is 2.18. The standard InChI is InChI=1S/C19H23N3O4/c23-13-17(19(25)21-22-8-10-26-11-9-22)20-18(24)12-15-6-3-5-14-4-1-2-7-16(14)15/h1-7,17,23H,8-13H2,(H,20,24)(H,21,25)/t17-/m0/s1. The van der Waals surface area contributed by atoms with Crippen molar-refractivity contribution in [2.24, 2.45) is 0 Å². The van der Waals surface area contributed by atoms with Gasteiger partial charge in [0.1, 0.15) is 6.04 Å². The van der Waals surface area contributed by atoms with Crippen LogP contribution in [0.2, 0.25) is 0 Å². The molecule has 1 fully saturated rings. The lowest BCUT2D eigenvalue weighted by atomic mass is 10.0. The Labute approximate surface area is 151 Å². The summed E-state index contributed by atoms with van der Waals surface area (Å²) in [6, 6.07) is 12.6. The molecule has 0 aliphatic carbocycles. The molecule has 2 aromatic rings. The van der Waals surface area contributed by atoms with E-state index in [-0.39, 0.29) is 12.3 Å². The van der Waals surface area contributed by atoms with Crippen LogP contribution in [0.3, 0.4) is 0 Å². The highest BCUT2D eigenvalue weighted by molar-refractivity contribution is 5.92. The molecule has 0 bridgehead atoms. The molecule has 0 radical (unpaired) electrons. The van der Waals surface area contributed by atoms with Crippen LogP contribution in [0.5, 0.6) is 0 Å². The maximum atomic E-state index is 12.4. The molecule has 0 unspecified atom stereocenters. The van der Waals surface area contributed by atoms with Gasteiger partial charge in [-0.15, -0.1) is 0 Å². The van der Waals surface area contributed by atoms with E-state index in [1.54, 1.807) is 5.01 Å². The molecule has 2 amide bonds. The van der Waals surface area contributed by atoms with Crippen LogP contribution in [0.4, 0.5) is 0 Å². The van der Waals surface area contributed by atoms with Crippen LogP contribution >= 0.6 is 0 Å².